The summed E-state index contributed by atoms with van der Waals surface area (Å²) in [7, 11) is 0. The lowest BCUT2D eigenvalue weighted by molar-refractivity contribution is 0.628. The fourth-order valence-corrected chi connectivity index (χ4v) is 3.58. The molecule has 2 heterocycles. The second kappa shape index (κ2) is 8.03. The van der Waals surface area contributed by atoms with Gasteiger partial charge >= 0.3 is 0 Å². The van der Waals surface area contributed by atoms with Gasteiger partial charge in [0.15, 0.2) is 0 Å². The Kier molecular flexibility index (Phi) is 5.55. The maximum absolute atomic E-state index is 12.9. The van der Waals surface area contributed by atoms with E-state index in [1.165, 1.54) is 12.1 Å². The lowest BCUT2D eigenvalue weighted by Gasteiger charge is -2.05. The van der Waals surface area contributed by atoms with Crippen molar-refractivity contribution < 1.29 is 4.39 Å². The Morgan fingerprint density at radius 2 is 1.96 bits per heavy atom. The number of benzene rings is 1. The van der Waals surface area contributed by atoms with Gasteiger partial charge in [0.1, 0.15) is 16.0 Å². The first-order valence-electron chi connectivity index (χ1n) is 7.17. The summed E-state index contributed by atoms with van der Waals surface area (Å²) < 4.78 is 14.0. The highest BCUT2D eigenvalue weighted by Gasteiger charge is 2.02. The van der Waals surface area contributed by atoms with Crippen molar-refractivity contribution in [2.24, 2.45) is 0 Å². The molecule has 0 bridgehead atoms. The van der Waals surface area contributed by atoms with E-state index in [1.807, 2.05) is 23.7 Å². The van der Waals surface area contributed by atoms with Gasteiger partial charge in [-0.05, 0) is 42.8 Å². The maximum Gasteiger partial charge on any atom is 0.149 e. The molecule has 0 unspecified atom stereocenters. The summed E-state index contributed by atoms with van der Waals surface area (Å²) in [6.45, 7) is 0.836. The number of anilines is 1. The topological polar surface area (TPSA) is 50.7 Å². The smallest absolute Gasteiger partial charge is 0.149 e. The molecule has 0 radical (unpaired) electrons. The summed E-state index contributed by atoms with van der Waals surface area (Å²) >= 11 is 3.43. The Hall–Kier alpha value is -1.99. The first-order chi connectivity index (χ1) is 11.3. The van der Waals surface area contributed by atoms with Gasteiger partial charge in [-0.25, -0.2) is 9.37 Å². The summed E-state index contributed by atoms with van der Waals surface area (Å²) in [4.78, 5) is 4.23. The molecule has 1 N–H and O–H groups in total. The van der Waals surface area contributed by atoms with E-state index in [0.29, 0.717) is 0 Å². The fraction of sp³-hybridized carbons (Fsp3) is 0.188. The standard InChI is InChI=1S/C16H15FN4S2/c17-13-4-2-12(3-5-13)14-6-7-15(21-20-14)18-8-1-10-22-16-19-9-11-23-16/h2-7,9,11H,1,8,10H2,(H,18,21). The van der Waals surface area contributed by atoms with E-state index >= 15 is 0 Å². The first kappa shape index (κ1) is 15.9. The molecular formula is C16H15FN4S2. The van der Waals surface area contributed by atoms with Crippen LogP contribution in [-0.4, -0.2) is 27.5 Å². The van der Waals surface area contributed by atoms with Crippen molar-refractivity contribution in [3.05, 3.63) is 53.8 Å². The number of thiazole rings is 1. The molecule has 0 saturated carbocycles. The normalized spacial score (nSPS) is 10.7. The highest BCUT2D eigenvalue weighted by molar-refractivity contribution is 8.00. The largest absolute Gasteiger partial charge is 0.369 e. The van der Waals surface area contributed by atoms with Gasteiger partial charge in [0, 0.05) is 29.4 Å². The van der Waals surface area contributed by atoms with E-state index < -0.39 is 0 Å². The van der Waals surface area contributed by atoms with E-state index in [9.17, 15) is 4.39 Å². The number of halogens is 1. The molecule has 23 heavy (non-hydrogen) atoms. The van der Waals surface area contributed by atoms with Crippen LogP contribution in [0.5, 0.6) is 0 Å². The summed E-state index contributed by atoms with van der Waals surface area (Å²) in [5, 5.41) is 13.6. The summed E-state index contributed by atoms with van der Waals surface area (Å²) in [6, 6.07) is 10.0. The highest BCUT2D eigenvalue weighted by atomic mass is 32.2. The van der Waals surface area contributed by atoms with Gasteiger partial charge in [0.2, 0.25) is 0 Å². The molecule has 0 aliphatic carbocycles. The minimum absolute atomic E-state index is 0.254. The van der Waals surface area contributed by atoms with Gasteiger partial charge < -0.3 is 5.32 Å². The van der Waals surface area contributed by atoms with Crippen LogP contribution in [0.2, 0.25) is 0 Å². The summed E-state index contributed by atoms with van der Waals surface area (Å²) in [6.07, 6.45) is 2.84. The van der Waals surface area contributed by atoms with Crippen molar-refractivity contribution in [1.29, 1.82) is 0 Å². The van der Waals surface area contributed by atoms with Crippen LogP contribution in [0.4, 0.5) is 10.2 Å². The Balaban J connectivity index is 1.45. The SMILES string of the molecule is Fc1ccc(-c2ccc(NCCCSc3nccs3)nn2)cc1. The fourth-order valence-electron chi connectivity index (χ4n) is 1.93. The molecule has 1 aromatic carbocycles. The van der Waals surface area contributed by atoms with Crippen LogP contribution in [-0.2, 0) is 0 Å². The van der Waals surface area contributed by atoms with Crippen molar-refractivity contribution in [1.82, 2.24) is 15.2 Å². The molecule has 7 heteroatoms. The van der Waals surface area contributed by atoms with E-state index in [4.69, 9.17) is 0 Å². The quantitative estimate of drug-likeness (QED) is 0.510. The molecule has 0 atom stereocenters. The van der Waals surface area contributed by atoms with E-state index in [0.717, 1.165) is 40.1 Å². The summed E-state index contributed by atoms with van der Waals surface area (Å²) in [5.74, 6) is 1.51. The van der Waals surface area contributed by atoms with Crippen LogP contribution < -0.4 is 5.32 Å². The van der Waals surface area contributed by atoms with E-state index in [2.05, 4.69) is 20.5 Å². The lowest BCUT2D eigenvalue weighted by atomic mass is 10.1. The second-order valence-corrected chi connectivity index (χ2v) is 6.97. The zero-order valence-electron chi connectivity index (χ0n) is 12.3. The van der Waals surface area contributed by atoms with Gasteiger partial charge in [-0.2, -0.15) is 0 Å². The molecule has 0 saturated heterocycles. The van der Waals surface area contributed by atoms with Crippen LogP contribution in [0.25, 0.3) is 11.3 Å². The number of rotatable bonds is 7. The third kappa shape index (κ3) is 4.74. The average molecular weight is 346 g/mol. The number of aromatic nitrogens is 3. The molecule has 118 valence electrons. The minimum atomic E-state index is -0.254. The van der Waals surface area contributed by atoms with Gasteiger partial charge in [-0.15, -0.1) is 21.5 Å². The molecule has 0 fully saturated rings. The second-order valence-electron chi connectivity index (χ2n) is 4.74. The summed E-state index contributed by atoms with van der Waals surface area (Å²) in [5.41, 5.74) is 1.58. The van der Waals surface area contributed by atoms with Crippen molar-refractivity contribution in [3.63, 3.8) is 0 Å². The van der Waals surface area contributed by atoms with Crippen molar-refractivity contribution in [2.75, 3.05) is 17.6 Å². The van der Waals surface area contributed by atoms with Gasteiger partial charge in [-0.3, -0.25) is 0 Å². The van der Waals surface area contributed by atoms with Crippen molar-refractivity contribution in [2.45, 2.75) is 10.8 Å². The Morgan fingerprint density at radius 1 is 1.09 bits per heavy atom. The average Bonchev–Trinajstić information content (AvgIpc) is 3.09. The zero-order valence-corrected chi connectivity index (χ0v) is 13.9. The Morgan fingerprint density at radius 3 is 2.65 bits per heavy atom. The molecule has 3 aromatic rings. The predicted octanol–water partition coefficient (Wildman–Crippen LogP) is 4.33. The van der Waals surface area contributed by atoms with E-state index in [-0.39, 0.29) is 5.82 Å². The molecule has 2 aromatic heterocycles. The molecular weight excluding hydrogens is 331 g/mol. The zero-order chi connectivity index (χ0) is 15.9. The lowest BCUT2D eigenvalue weighted by Crippen LogP contribution is -2.05. The number of thioether (sulfide) groups is 1. The first-order valence-corrected chi connectivity index (χ1v) is 9.03. The van der Waals surface area contributed by atoms with E-state index in [1.54, 1.807) is 35.2 Å². The third-order valence-corrected chi connectivity index (χ3v) is 5.12. The number of hydrogen-bond acceptors (Lipinski definition) is 6. The number of hydrogen-bond donors (Lipinski definition) is 1. The van der Waals surface area contributed by atoms with Crippen molar-refractivity contribution in [3.8, 4) is 11.3 Å². The Labute approximate surface area is 142 Å². The molecule has 0 aliphatic rings. The van der Waals surface area contributed by atoms with Gasteiger partial charge in [0.25, 0.3) is 0 Å². The van der Waals surface area contributed by atoms with Crippen LogP contribution >= 0.6 is 23.1 Å². The van der Waals surface area contributed by atoms with Crippen LogP contribution in [0.3, 0.4) is 0 Å². The number of nitrogens with one attached hydrogen (secondary N) is 1. The third-order valence-electron chi connectivity index (χ3n) is 3.07. The maximum atomic E-state index is 12.9. The minimum Gasteiger partial charge on any atom is -0.369 e. The van der Waals surface area contributed by atoms with Gasteiger partial charge in [0.05, 0.1) is 5.69 Å². The highest BCUT2D eigenvalue weighted by Crippen LogP contribution is 2.21. The molecule has 0 spiro atoms. The van der Waals surface area contributed by atoms with Crippen molar-refractivity contribution >= 4 is 28.9 Å². The number of nitrogens with zero attached hydrogens (tertiary/aromatic N) is 3. The van der Waals surface area contributed by atoms with Crippen LogP contribution in [0, 0.1) is 5.82 Å². The van der Waals surface area contributed by atoms with Gasteiger partial charge in [-0.1, -0.05) is 11.8 Å². The molecule has 4 nitrogen and oxygen atoms in total. The molecule has 3 rings (SSSR count). The predicted molar refractivity (Wildman–Crippen MR) is 93.4 cm³/mol. The van der Waals surface area contributed by atoms with Crippen LogP contribution in [0.1, 0.15) is 6.42 Å². The Bertz CT molecular complexity index is 715. The van der Waals surface area contributed by atoms with Crippen LogP contribution in [0.15, 0.2) is 52.3 Å². The monoisotopic (exact) mass is 346 g/mol. The molecule has 0 aliphatic heterocycles. The molecule has 0 amide bonds.